The Kier molecular flexibility index (Phi) is 4.30. The summed E-state index contributed by atoms with van der Waals surface area (Å²) in [5.74, 6) is 0.00560. The number of carbonyl (C=O) groups excluding carboxylic acids is 1. The van der Waals surface area contributed by atoms with Crippen molar-refractivity contribution in [1.82, 2.24) is 9.88 Å². The molecule has 19 heavy (non-hydrogen) atoms. The number of nitrogens with two attached hydrogens (primary N) is 1. The van der Waals surface area contributed by atoms with E-state index >= 15 is 0 Å². The summed E-state index contributed by atoms with van der Waals surface area (Å²) in [7, 11) is 0. The molecule has 2 rings (SSSR count). The Morgan fingerprint density at radius 1 is 1.47 bits per heavy atom. The third-order valence-electron chi connectivity index (χ3n) is 4.60. The Morgan fingerprint density at radius 3 is 2.63 bits per heavy atom. The molecule has 0 unspecified atom stereocenters. The number of hydrogen-bond donors (Lipinski definition) is 2. The van der Waals surface area contributed by atoms with E-state index in [4.69, 9.17) is 5.73 Å². The van der Waals surface area contributed by atoms with Gasteiger partial charge in [-0.25, -0.2) is 0 Å². The molecule has 0 bridgehead atoms. The fourth-order valence-corrected chi connectivity index (χ4v) is 2.64. The fraction of sp³-hybridized carbons (Fsp3) is 0.667. The highest BCUT2D eigenvalue weighted by molar-refractivity contribution is 5.93. The predicted octanol–water partition coefficient (Wildman–Crippen LogP) is 2.46. The molecule has 0 saturated heterocycles. The molecule has 1 aliphatic carbocycles. The lowest BCUT2D eigenvalue weighted by Crippen LogP contribution is -2.53. The van der Waals surface area contributed by atoms with E-state index in [1.807, 2.05) is 18.3 Å². The van der Waals surface area contributed by atoms with E-state index in [9.17, 15) is 4.79 Å². The van der Waals surface area contributed by atoms with Gasteiger partial charge in [0, 0.05) is 18.8 Å². The number of hydrogen-bond acceptors (Lipinski definition) is 2. The van der Waals surface area contributed by atoms with Gasteiger partial charge in [0.2, 0.25) is 0 Å². The van der Waals surface area contributed by atoms with Crippen molar-refractivity contribution in [3.8, 4) is 0 Å². The molecular weight excluding hydrogens is 238 g/mol. The normalized spacial score (nSPS) is 16.2. The van der Waals surface area contributed by atoms with Gasteiger partial charge in [-0.1, -0.05) is 13.8 Å². The number of carbonyl (C=O) groups is 1. The molecule has 0 aromatic carbocycles. The van der Waals surface area contributed by atoms with Crippen LogP contribution in [-0.4, -0.2) is 22.6 Å². The van der Waals surface area contributed by atoms with Crippen LogP contribution in [0.2, 0.25) is 0 Å². The van der Waals surface area contributed by atoms with Gasteiger partial charge in [-0.3, -0.25) is 4.79 Å². The van der Waals surface area contributed by atoms with Crippen molar-refractivity contribution in [3.05, 3.63) is 24.0 Å². The van der Waals surface area contributed by atoms with Gasteiger partial charge in [0.05, 0.1) is 5.54 Å². The lowest BCUT2D eigenvalue weighted by atomic mass is 9.92. The molecular formula is C15H25N3O. The van der Waals surface area contributed by atoms with Crippen molar-refractivity contribution >= 4 is 5.91 Å². The highest BCUT2D eigenvalue weighted by Crippen LogP contribution is 2.32. The zero-order chi connectivity index (χ0) is 13.9. The second kappa shape index (κ2) is 5.78. The third-order valence-corrected chi connectivity index (χ3v) is 4.60. The number of rotatable bonds is 6. The van der Waals surface area contributed by atoms with Crippen LogP contribution in [0.5, 0.6) is 0 Å². The van der Waals surface area contributed by atoms with E-state index < -0.39 is 0 Å². The molecule has 1 fully saturated rings. The molecule has 1 aromatic rings. The molecule has 1 aliphatic rings. The molecule has 0 atom stereocenters. The molecule has 0 spiro atoms. The first kappa shape index (κ1) is 14.1. The minimum atomic E-state index is -0.272. The SMILES string of the molecule is CCC(CC)(CN)NC(=O)c1cccn1C1CCC1. The van der Waals surface area contributed by atoms with E-state index in [1.165, 1.54) is 19.3 Å². The van der Waals surface area contributed by atoms with E-state index in [-0.39, 0.29) is 11.4 Å². The smallest absolute Gasteiger partial charge is 0.268 e. The molecule has 3 N–H and O–H groups in total. The minimum Gasteiger partial charge on any atom is -0.344 e. The molecule has 1 aromatic heterocycles. The van der Waals surface area contributed by atoms with Crippen LogP contribution >= 0.6 is 0 Å². The Bertz CT molecular complexity index is 422. The monoisotopic (exact) mass is 263 g/mol. The second-order valence-electron chi connectivity index (χ2n) is 5.53. The van der Waals surface area contributed by atoms with Gasteiger partial charge in [-0.15, -0.1) is 0 Å². The average molecular weight is 263 g/mol. The van der Waals surface area contributed by atoms with E-state index in [0.717, 1.165) is 18.5 Å². The number of amides is 1. The van der Waals surface area contributed by atoms with Crippen LogP contribution in [0.1, 0.15) is 62.5 Å². The van der Waals surface area contributed by atoms with Gasteiger partial charge in [0.15, 0.2) is 0 Å². The van der Waals surface area contributed by atoms with Crippen molar-refractivity contribution in [2.24, 2.45) is 5.73 Å². The van der Waals surface area contributed by atoms with E-state index in [1.54, 1.807) is 0 Å². The minimum absolute atomic E-state index is 0.00560. The van der Waals surface area contributed by atoms with Crippen LogP contribution in [0.15, 0.2) is 18.3 Å². The number of aromatic nitrogens is 1. The topological polar surface area (TPSA) is 60.0 Å². The fourth-order valence-electron chi connectivity index (χ4n) is 2.64. The standard InChI is InChI=1S/C15H25N3O/c1-3-15(4-2,11-16)17-14(19)13-9-6-10-18(13)12-7-5-8-12/h6,9-10,12H,3-5,7-8,11,16H2,1-2H3,(H,17,19). The average Bonchev–Trinajstić information content (AvgIpc) is 2.83. The summed E-state index contributed by atoms with van der Waals surface area (Å²) >= 11 is 0. The van der Waals surface area contributed by atoms with Gasteiger partial charge < -0.3 is 15.6 Å². The molecule has 0 radical (unpaired) electrons. The van der Waals surface area contributed by atoms with Crippen LogP contribution in [0.25, 0.3) is 0 Å². The summed E-state index contributed by atoms with van der Waals surface area (Å²) < 4.78 is 2.12. The zero-order valence-electron chi connectivity index (χ0n) is 12.0. The van der Waals surface area contributed by atoms with Crippen molar-refractivity contribution < 1.29 is 4.79 Å². The molecule has 1 saturated carbocycles. The lowest BCUT2D eigenvalue weighted by Gasteiger charge is -2.33. The van der Waals surface area contributed by atoms with Gasteiger partial charge in [-0.05, 0) is 44.2 Å². The maximum atomic E-state index is 12.5. The highest BCUT2D eigenvalue weighted by atomic mass is 16.2. The van der Waals surface area contributed by atoms with Gasteiger partial charge in [-0.2, -0.15) is 0 Å². The van der Waals surface area contributed by atoms with Crippen molar-refractivity contribution in [1.29, 1.82) is 0 Å². The Labute approximate surface area is 115 Å². The van der Waals surface area contributed by atoms with Crippen LogP contribution in [0.3, 0.4) is 0 Å². The molecule has 1 amide bonds. The lowest BCUT2D eigenvalue weighted by molar-refractivity contribution is 0.0880. The first-order valence-electron chi connectivity index (χ1n) is 7.35. The molecule has 106 valence electrons. The molecule has 4 heteroatoms. The third kappa shape index (κ3) is 2.68. The maximum Gasteiger partial charge on any atom is 0.268 e. The Hall–Kier alpha value is -1.29. The summed E-state index contributed by atoms with van der Waals surface area (Å²) in [6, 6.07) is 4.36. The summed E-state index contributed by atoms with van der Waals surface area (Å²) in [5.41, 5.74) is 6.34. The molecule has 4 nitrogen and oxygen atoms in total. The first-order chi connectivity index (χ1) is 9.15. The Morgan fingerprint density at radius 2 is 2.16 bits per heavy atom. The zero-order valence-corrected chi connectivity index (χ0v) is 12.0. The number of nitrogens with zero attached hydrogens (tertiary/aromatic N) is 1. The number of nitrogens with one attached hydrogen (secondary N) is 1. The van der Waals surface area contributed by atoms with Crippen LogP contribution in [-0.2, 0) is 0 Å². The van der Waals surface area contributed by atoms with Crippen LogP contribution < -0.4 is 11.1 Å². The van der Waals surface area contributed by atoms with Crippen LogP contribution in [0, 0.1) is 0 Å². The van der Waals surface area contributed by atoms with Crippen LogP contribution in [0.4, 0.5) is 0 Å². The van der Waals surface area contributed by atoms with Gasteiger partial charge in [0.1, 0.15) is 5.69 Å². The Balaban J connectivity index is 2.13. The quantitative estimate of drug-likeness (QED) is 0.828. The first-order valence-corrected chi connectivity index (χ1v) is 7.35. The van der Waals surface area contributed by atoms with Gasteiger partial charge in [0.25, 0.3) is 5.91 Å². The van der Waals surface area contributed by atoms with Crippen molar-refractivity contribution in [2.45, 2.75) is 57.5 Å². The van der Waals surface area contributed by atoms with E-state index in [0.29, 0.717) is 12.6 Å². The summed E-state index contributed by atoms with van der Waals surface area (Å²) in [6.45, 7) is 4.62. The van der Waals surface area contributed by atoms with Crippen molar-refractivity contribution in [3.63, 3.8) is 0 Å². The summed E-state index contributed by atoms with van der Waals surface area (Å²) in [6.07, 6.45) is 7.35. The summed E-state index contributed by atoms with van der Waals surface area (Å²) in [5, 5.41) is 3.14. The molecule has 0 aliphatic heterocycles. The molecule has 1 heterocycles. The van der Waals surface area contributed by atoms with Gasteiger partial charge >= 0.3 is 0 Å². The second-order valence-corrected chi connectivity index (χ2v) is 5.53. The highest BCUT2D eigenvalue weighted by Gasteiger charge is 2.29. The summed E-state index contributed by atoms with van der Waals surface area (Å²) in [4.78, 5) is 12.5. The van der Waals surface area contributed by atoms with E-state index in [2.05, 4.69) is 23.7 Å². The van der Waals surface area contributed by atoms with Crippen molar-refractivity contribution in [2.75, 3.05) is 6.54 Å². The maximum absolute atomic E-state index is 12.5. The predicted molar refractivity (Wildman–Crippen MR) is 77.2 cm³/mol. The largest absolute Gasteiger partial charge is 0.344 e.